The predicted octanol–water partition coefficient (Wildman–Crippen LogP) is 11.8. The number of esters is 2. The van der Waals surface area contributed by atoms with Gasteiger partial charge in [-0.05, 0) is 89.9 Å². The molecule has 0 radical (unpaired) electrons. The lowest BCUT2D eigenvalue weighted by Gasteiger charge is -2.19. The van der Waals surface area contributed by atoms with E-state index >= 15 is 0 Å². The van der Waals surface area contributed by atoms with Gasteiger partial charge in [0.05, 0.1) is 13.2 Å². The van der Waals surface area contributed by atoms with Crippen molar-refractivity contribution < 1.29 is 37.6 Å². The molecule has 1 unspecified atom stereocenters. The van der Waals surface area contributed by atoms with E-state index in [1.165, 1.54) is 44.9 Å². The van der Waals surface area contributed by atoms with Crippen LogP contribution in [-0.4, -0.2) is 49.3 Å². The summed E-state index contributed by atoms with van der Waals surface area (Å²) in [7, 11) is -4.41. The van der Waals surface area contributed by atoms with Crippen LogP contribution in [0, 0.1) is 0 Å². The first-order valence-corrected chi connectivity index (χ1v) is 22.2. The number of carbonyl (C=O) groups excluding carboxylic acids is 2. The third-order valence-electron chi connectivity index (χ3n) is 7.94. The first-order valence-electron chi connectivity index (χ1n) is 20.7. The van der Waals surface area contributed by atoms with Crippen molar-refractivity contribution in [2.24, 2.45) is 5.73 Å². The summed E-state index contributed by atoms with van der Waals surface area (Å²) in [6.07, 6.45) is 51.6. The van der Waals surface area contributed by atoms with Crippen molar-refractivity contribution in [3.8, 4) is 0 Å². The quantitative estimate of drug-likeness (QED) is 0.0273. The molecule has 0 amide bonds. The van der Waals surface area contributed by atoms with E-state index < -0.39 is 32.5 Å². The molecule has 2 atom stereocenters. The third-order valence-corrected chi connectivity index (χ3v) is 8.93. The Balaban J connectivity index is 4.40. The molecule has 0 aliphatic carbocycles. The number of allylic oxidation sites excluding steroid dienone is 16. The first-order chi connectivity index (χ1) is 26.8. The van der Waals surface area contributed by atoms with Crippen LogP contribution in [0.15, 0.2) is 97.2 Å². The topological polar surface area (TPSA) is 134 Å². The fourth-order valence-corrected chi connectivity index (χ4v) is 5.62. The Kier molecular flexibility index (Phi) is 38.3. The number of carbonyl (C=O) groups is 2. The monoisotopic (exact) mass is 788 g/mol. The number of ether oxygens (including phenoxy) is 2. The molecule has 312 valence electrons. The summed E-state index contributed by atoms with van der Waals surface area (Å²) in [5, 5.41) is 0. The van der Waals surface area contributed by atoms with Crippen molar-refractivity contribution in [3.05, 3.63) is 97.2 Å². The minimum Gasteiger partial charge on any atom is -0.462 e. The Morgan fingerprint density at radius 1 is 0.545 bits per heavy atom. The zero-order valence-electron chi connectivity index (χ0n) is 34.1. The van der Waals surface area contributed by atoms with Crippen LogP contribution < -0.4 is 5.73 Å². The lowest BCUT2D eigenvalue weighted by atomic mass is 10.2. The normalized spacial score (nSPS) is 14.3. The van der Waals surface area contributed by atoms with E-state index in [0.717, 1.165) is 51.4 Å². The number of rotatable bonds is 37. The van der Waals surface area contributed by atoms with E-state index in [4.69, 9.17) is 24.3 Å². The van der Waals surface area contributed by atoms with Gasteiger partial charge in [0.15, 0.2) is 6.10 Å². The fraction of sp³-hybridized carbons (Fsp3) is 0.600. The second-order valence-corrected chi connectivity index (χ2v) is 14.6. The highest BCUT2D eigenvalue weighted by Gasteiger charge is 2.25. The Morgan fingerprint density at radius 3 is 1.33 bits per heavy atom. The molecule has 9 nitrogen and oxygen atoms in total. The molecule has 0 rings (SSSR count). The number of hydrogen-bond donors (Lipinski definition) is 2. The van der Waals surface area contributed by atoms with Crippen LogP contribution >= 0.6 is 7.82 Å². The molecule has 0 bridgehead atoms. The summed E-state index contributed by atoms with van der Waals surface area (Å²) in [6.45, 7) is 3.52. The van der Waals surface area contributed by atoms with Gasteiger partial charge in [-0.3, -0.25) is 18.6 Å². The van der Waals surface area contributed by atoms with Crippen molar-refractivity contribution in [1.29, 1.82) is 0 Å². The SMILES string of the molecule is CCCCCC=CCC=CCC=CCC=CCCCC(=O)OC[C@@H](COP(=O)(O)OCCN)OC(=O)CCCC=CCC=CCC=CCC=CCCCCC. The largest absolute Gasteiger partial charge is 0.472 e. The maximum atomic E-state index is 12.5. The average molecular weight is 788 g/mol. The predicted molar refractivity (Wildman–Crippen MR) is 228 cm³/mol. The van der Waals surface area contributed by atoms with Gasteiger partial charge in [0.2, 0.25) is 0 Å². The molecule has 0 aromatic rings. The molecule has 55 heavy (non-hydrogen) atoms. The fourth-order valence-electron chi connectivity index (χ4n) is 4.85. The minimum absolute atomic E-state index is 0.0322. The number of unbranched alkanes of at least 4 members (excludes halogenated alkanes) is 8. The van der Waals surface area contributed by atoms with E-state index in [1.807, 2.05) is 12.2 Å². The van der Waals surface area contributed by atoms with Gasteiger partial charge in [-0.15, -0.1) is 0 Å². The summed E-state index contributed by atoms with van der Waals surface area (Å²) in [4.78, 5) is 34.8. The molecule has 0 aliphatic rings. The lowest BCUT2D eigenvalue weighted by molar-refractivity contribution is -0.161. The maximum absolute atomic E-state index is 12.5. The molecule has 0 aliphatic heterocycles. The molecular weight excluding hydrogens is 713 g/mol. The van der Waals surface area contributed by atoms with Crippen LogP contribution in [-0.2, 0) is 32.7 Å². The highest BCUT2D eigenvalue weighted by Crippen LogP contribution is 2.43. The summed E-state index contributed by atoms with van der Waals surface area (Å²) in [5.41, 5.74) is 5.33. The van der Waals surface area contributed by atoms with Gasteiger partial charge in [0.25, 0.3) is 0 Å². The molecule has 0 aromatic heterocycles. The molecular formula is C45H74NO8P. The Labute approximate surface area is 334 Å². The number of nitrogens with two attached hydrogens (primary N) is 1. The smallest absolute Gasteiger partial charge is 0.462 e. The van der Waals surface area contributed by atoms with Crippen molar-refractivity contribution in [2.75, 3.05) is 26.4 Å². The maximum Gasteiger partial charge on any atom is 0.472 e. The van der Waals surface area contributed by atoms with Crippen LogP contribution in [0.4, 0.5) is 0 Å². The minimum atomic E-state index is -4.41. The Morgan fingerprint density at radius 2 is 0.927 bits per heavy atom. The molecule has 0 saturated carbocycles. The van der Waals surface area contributed by atoms with E-state index in [1.54, 1.807) is 0 Å². The van der Waals surface area contributed by atoms with Crippen LogP contribution in [0.3, 0.4) is 0 Å². The number of phosphoric ester groups is 1. The molecule has 10 heteroatoms. The number of phosphoric acid groups is 1. The molecule has 0 fully saturated rings. The van der Waals surface area contributed by atoms with Gasteiger partial charge in [0.1, 0.15) is 6.61 Å². The van der Waals surface area contributed by atoms with Crippen LogP contribution in [0.2, 0.25) is 0 Å². The molecule has 0 heterocycles. The van der Waals surface area contributed by atoms with E-state index in [2.05, 4.69) is 98.9 Å². The zero-order chi connectivity index (χ0) is 40.3. The third kappa shape index (κ3) is 40.4. The van der Waals surface area contributed by atoms with Crippen molar-refractivity contribution >= 4 is 19.8 Å². The molecule has 0 saturated heterocycles. The average Bonchev–Trinajstić information content (AvgIpc) is 3.17. The van der Waals surface area contributed by atoms with Gasteiger partial charge < -0.3 is 20.1 Å². The van der Waals surface area contributed by atoms with E-state index in [-0.39, 0.29) is 32.6 Å². The molecule has 0 aromatic carbocycles. The second-order valence-electron chi connectivity index (χ2n) is 13.1. The number of hydrogen-bond acceptors (Lipinski definition) is 8. The van der Waals surface area contributed by atoms with Gasteiger partial charge in [-0.1, -0.05) is 137 Å². The Hall–Kier alpha value is -3.07. The molecule has 3 N–H and O–H groups in total. The zero-order valence-corrected chi connectivity index (χ0v) is 35.0. The lowest BCUT2D eigenvalue weighted by Crippen LogP contribution is -2.29. The summed E-state index contributed by atoms with van der Waals surface area (Å²) in [6, 6.07) is 0. The van der Waals surface area contributed by atoms with E-state index in [0.29, 0.717) is 19.3 Å². The van der Waals surface area contributed by atoms with Crippen molar-refractivity contribution in [2.45, 2.75) is 148 Å². The van der Waals surface area contributed by atoms with Gasteiger partial charge in [0, 0.05) is 19.4 Å². The van der Waals surface area contributed by atoms with E-state index in [9.17, 15) is 19.0 Å². The highest BCUT2D eigenvalue weighted by atomic mass is 31.2. The van der Waals surface area contributed by atoms with Crippen molar-refractivity contribution in [1.82, 2.24) is 0 Å². The van der Waals surface area contributed by atoms with Gasteiger partial charge in [-0.25, -0.2) is 4.57 Å². The standard InChI is InChI=1S/C45H74NO8P/c1-3-5-7-9-11-13-15-17-19-21-23-25-27-29-31-33-35-37-44(47)51-41-43(42-53-55(49,50)52-40-39-46)54-45(48)38-36-34-32-30-28-26-24-22-20-18-16-14-12-10-8-6-4-2/h11-14,17-20,23-26,29-32,43H,3-10,15-16,21-22,27-28,33-42,46H2,1-2H3,(H,49,50)/t43-/m0/s1. The van der Waals surface area contributed by atoms with Crippen LogP contribution in [0.1, 0.15) is 142 Å². The summed E-state index contributed by atoms with van der Waals surface area (Å²) in [5.74, 6) is -0.972. The van der Waals surface area contributed by atoms with Crippen LogP contribution in [0.25, 0.3) is 0 Å². The Bertz CT molecular complexity index is 1220. The summed E-state index contributed by atoms with van der Waals surface area (Å²) < 4.78 is 32.6. The molecule has 0 spiro atoms. The van der Waals surface area contributed by atoms with Gasteiger partial charge in [-0.2, -0.15) is 0 Å². The first kappa shape index (κ1) is 51.9. The summed E-state index contributed by atoms with van der Waals surface area (Å²) >= 11 is 0. The van der Waals surface area contributed by atoms with Crippen molar-refractivity contribution in [3.63, 3.8) is 0 Å². The van der Waals surface area contributed by atoms with Crippen LogP contribution in [0.5, 0.6) is 0 Å². The highest BCUT2D eigenvalue weighted by molar-refractivity contribution is 7.47. The van der Waals surface area contributed by atoms with Gasteiger partial charge >= 0.3 is 19.8 Å². The second kappa shape index (κ2) is 40.6.